The summed E-state index contributed by atoms with van der Waals surface area (Å²) < 4.78 is 12.3. The van der Waals surface area contributed by atoms with Gasteiger partial charge in [0.1, 0.15) is 0 Å². The summed E-state index contributed by atoms with van der Waals surface area (Å²) in [6.07, 6.45) is 8.89. The zero-order valence-electron chi connectivity index (χ0n) is 14.8. The van der Waals surface area contributed by atoms with Crippen molar-refractivity contribution in [2.75, 3.05) is 13.2 Å². The van der Waals surface area contributed by atoms with Gasteiger partial charge >= 0.3 is 0 Å². The summed E-state index contributed by atoms with van der Waals surface area (Å²) in [4.78, 5) is 0. The summed E-state index contributed by atoms with van der Waals surface area (Å²) in [5.74, 6) is 4.47. The van der Waals surface area contributed by atoms with Crippen LogP contribution in [0, 0.1) is 35.5 Å². The molecule has 5 unspecified atom stereocenters. The quantitative estimate of drug-likeness (QED) is 0.389. The van der Waals surface area contributed by atoms with E-state index in [0.717, 1.165) is 36.9 Å². The Morgan fingerprint density at radius 2 is 1.74 bits per heavy atom. The van der Waals surface area contributed by atoms with Crippen LogP contribution >= 0.6 is 17.1 Å². The molecular weight excluding hydrogens is 343 g/mol. The lowest BCUT2D eigenvalue weighted by Crippen LogP contribution is -2.26. The Bertz CT molecular complexity index is 475. The standard InChI is InChI=1S/C18H31O2PS2/c1-12(2)10-19-21(22,20-11-13(3)4)23-18-9-14-8-17(18)16-7-5-6-15(14)16/h5-6,12-18H,7-11H2,1-4H3. The Balaban J connectivity index is 1.63. The van der Waals surface area contributed by atoms with Crippen molar-refractivity contribution >= 4 is 28.9 Å². The van der Waals surface area contributed by atoms with Crippen molar-refractivity contribution in [2.45, 2.75) is 52.2 Å². The molecule has 0 spiro atoms. The highest BCUT2D eigenvalue weighted by Gasteiger charge is 2.53. The zero-order chi connectivity index (χ0) is 16.6. The summed E-state index contributed by atoms with van der Waals surface area (Å²) in [5.41, 5.74) is -2.21. The van der Waals surface area contributed by atoms with Crippen LogP contribution in [0.2, 0.25) is 0 Å². The minimum Gasteiger partial charge on any atom is -0.321 e. The van der Waals surface area contributed by atoms with E-state index in [-0.39, 0.29) is 0 Å². The van der Waals surface area contributed by atoms with Gasteiger partial charge in [-0.2, -0.15) is 0 Å². The van der Waals surface area contributed by atoms with Gasteiger partial charge in [-0.3, -0.25) is 0 Å². The second-order valence-electron chi connectivity index (χ2n) is 8.27. The minimum atomic E-state index is -2.21. The summed E-state index contributed by atoms with van der Waals surface area (Å²) >= 11 is 7.83. The fourth-order valence-electron chi connectivity index (χ4n) is 4.36. The molecule has 0 amide bonds. The van der Waals surface area contributed by atoms with Gasteiger partial charge in [-0.05, 0) is 66.6 Å². The van der Waals surface area contributed by atoms with Gasteiger partial charge in [-0.25, -0.2) is 0 Å². The first-order valence-corrected chi connectivity index (χ1v) is 13.2. The van der Waals surface area contributed by atoms with E-state index in [4.69, 9.17) is 20.9 Å². The monoisotopic (exact) mass is 374 g/mol. The van der Waals surface area contributed by atoms with Crippen LogP contribution < -0.4 is 0 Å². The third-order valence-corrected chi connectivity index (χ3v) is 11.0. The maximum absolute atomic E-state index is 6.17. The SMILES string of the molecule is CC(C)COP(=S)(OCC(C)C)SC1CC2CC1C1CC=CC21. The normalized spacial score (nSPS) is 35.7. The van der Waals surface area contributed by atoms with Crippen molar-refractivity contribution in [1.29, 1.82) is 0 Å². The molecule has 3 rings (SSSR count). The molecule has 0 radical (unpaired) electrons. The molecule has 2 nitrogen and oxygen atoms in total. The predicted molar refractivity (Wildman–Crippen MR) is 104 cm³/mol. The van der Waals surface area contributed by atoms with E-state index in [1.807, 2.05) is 11.4 Å². The lowest BCUT2D eigenvalue weighted by molar-refractivity contribution is 0.218. The molecule has 0 aliphatic heterocycles. The molecule has 2 fully saturated rings. The third-order valence-electron chi connectivity index (χ3n) is 5.34. The molecule has 2 bridgehead atoms. The molecule has 3 aliphatic rings. The van der Waals surface area contributed by atoms with Crippen LogP contribution in [0.3, 0.4) is 0 Å². The smallest absolute Gasteiger partial charge is 0.247 e. The van der Waals surface area contributed by atoms with Crippen LogP contribution in [0.15, 0.2) is 12.2 Å². The van der Waals surface area contributed by atoms with Crippen molar-refractivity contribution in [1.82, 2.24) is 0 Å². The van der Waals surface area contributed by atoms with Gasteiger partial charge in [0.2, 0.25) is 5.69 Å². The maximum atomic E-state index is 6.17. The minimum absolute atomic E-state index is 0.504. The first kappa shape index (κ1) is 18.5. The Morgan fingerprint density at radius 1 is 1.09 bits per heavy atom. The van der Waals surface area contributed by atoms with Crippen LogP contribution in [0.4, 0.5) is 0 Å². The van der Waals surface area contributed by atoms with Crippen LogP contribution in [0.5, 0.6) is 0 Å². The number of allylic oxidation sites excluding steroid dienone is 2. The molecular formula is C18H31O2PS2. The highest BCUT2D eigenvalue weighted by molar-refractivity contribution is 8.68. The van der Waals surface area contributed by atoms with Gasteiger partial charge in [0.15, 0.2) is 0 Å². The molecule has 5 atom stereocenters. The van der Waals surface area contributed by atoms with Crippen molar-refractivity contribution in [3.63, 3.8) is 0 Å². The number of hydrogen-bond acceptors (Lipinski definition) is 4. The van der Waals surface area contributed by atoms with Gasteiger partial charge in [0.25, 0.3) is 0 Å². The average Bonchev–Trinajstić information content (AvgIpc) is 3.15. The van der Waals surface area contributed by atoms with Gasteiger partial charge in [0, 0.05) is 5.25 Å². The predicted octanol–water partition coefficient (Wildman–Crippen LogP) is 5.89. The Morgan fingerprint density at radius 3 is 2.35 bits per heavy atom. The van der Waals surface area contributed by atoms with E-state index in [1.54, 1.807) is 0 Å². The summed E-state index contributed by atoms with van der Waals surface area (Å²) in [6.45, 7) is 10.2. The average molecular weight is 375 g/mol. The lowest BCUT2D eigenvalue weighted by atomic mass is 9.81. The van der Waals surface area contributed by atoms with E-state index >= 15 is 0 Å². The second kappa shape index (κ2) is 7.50. The van der Waals surface area contributed by atoms with Gasteiger partial charge in [-0.15, -0.1) is 0 Å². The summed E-state index contributed by atoms with van der Waals surface area (Å²) in [6, 6.07) is 0. The Labute approximate surface area is 151 Å². The van der Waals surface area contributed by atoms with E-state index in [1.165, 1.54) is 19.3 Å². The molecule has 0 N–H and O–H groups in total. The largest absolute Gasteiger partial charge is 0.321 e. The molecule has 3 aliphatic carbocycles. The highest BCUT2D eigenvalue weighted by atomic mass is 32.9. The first-order valence-electron chi connectivity index (χ1n) is 9.12. The Hall–Kier alpha value is 0.660. The van der Waals surface area contributed by atoms with Crippen molar-refractivity contribution < 1.29 is 9.05 Å². The topological polar surface area (TPSA) is 18.5 Å². The van der Waals surface area contributed by atoms with Crippen LogP contribution in [-0.2, 0) is 20.9 Å². The number of fused-ring (bicyclic) bond motifs is 5. The molecule has 132 valence electrons. The van der Waals surface area contributed by atoms with Crippen LogP contribution in [0.1, 0.15) is 47.0 Å². The molecule has 23 heavy (non-hydrogen) atoms. The highest BCUT2D eigenvalue weighted by Crippen LogP contribution is 2.70. The fourth-order valence-corrected chi connectivity index (χ4v) is 10.5. The first-order chi connectivity index (χ1) is 10.9. The molecule has 5 heteroatoms. The van der Waals surface area contributed by atoms with E-state index in [2.05, 4.69) is 39.8 Å². The van der Waals surface area contributed by atoms with E-state index in [0.29, 0.717) is 17.1 Å². The Kier molecular flexibility index (Phi) is 6.01. The third kappa shape index (κ3) is 4.26. The van der Waals surface area contributed by atoms with E-state index in [9.17, 15) is 0 Å². The van der Waals surface area contributed by atoms with E-state index < -0.39 is 5.69 Å². The molecule has 2 saturated carbocycles. The number of rotatable bonds is 8. The van der Waals surface area contributed by atoms with Gasteiger partial charge in [-0.1, -0.05) is 51.2 Å². The van der Waals surface area contributed by atoms with Crippen LogP contribution in [-0.4, -0.2) is 18.5 Å². The molecule has 0 heterocycles. The van der Waals surface area contributed by atoms with Gasteiger partial charge in [0.05, 0.1) is 13.2 Å². The summed E-state index contributed by atoms with van der Waals surface area (Å²) in [7, 11) is 0. The van der Waals surface area contributed by atoms with Crippen molar-refractivity contribution in [2.24, 2.45) is 35.5 Å². The maximum Gasteiger partial charge on any atom is 0.247 e. The van der Waals surface area contributed by atoms with Crippen LogP contribution in [0.25, 0.3) is 0 Å². The second-order valence-corrected chi connectivity index (χ2v) is 14.7. The molecule has 0 saturated heterocycles. The number of hydrogen-bond donors (Lipinski definition) is 0. The molecule has 0 aromatic carbocycles. The summed E-state index contributed by atoms with van der Waals surface area (Å²) in [5, 5.41) is 0.659. The zero-order valence-corrected chi connectivity index (χ0v) is 17.3. The fraction of sp³-hybridized carbons (Fsp3) is 0.889. The van der Waals surface area contributed by atoms with Crippen molar-refractivity contribution in [3.8, 4) is 0 Å². The van der Waals surface area contributed by atoms with Gasteiger partial charge < -0.3 is 9.05 Å². The lowest BCUT2D eigenvalue weighted by Gasteiger charge is -2.34. The van der Waals surface area contributed by atoms with Crippen molar-refractivity contribution in [3.05, 3.63) is 12.2 Å². The molecule has 0 aromatic rings. The molecule has 0 aromatic heterocycles.